The maximum atomic E-state index is 6.18. The van der Waals surface area contributed by atoms with Crippen molar-refractivity contribution in [3.63, 3.8) is 0 Å². The molecule has 0 bridgehead atoms. The number of aromatic nitrogens is 3. The molecule has 1 N–H and O–H groups in total. The van der Waals surface area contributed by atoms with E-state index in [2.05, 4.69) is 29.2 Å². The summed E-state index contributed by atoms with van der Waals surface area (Å²) in [7, 11) is 0. The lowest BCUT2D eigenvalue weighted by atomic mass is 10.2. The van der Waals surface area contributed by atoms with Crippen molar-refractivity contribution in [1.29, 1.82) is 0 Å². The van der Waals surface area contributed by atoms with E-state index >= 15 is 0 Å². The lowest BCUT2D eigenvalue weighted by molar-refractivity contribution is 0.509. The Morgan fingerprint density at radius 1 is 1.26 bits per heavy atom. The van der Waals surface area contributed by atoms with Crippen molar-refractivity contribution in [3.8, 4) is 0 Å². The minimum absolute atomic E-state index is 0.274. The van der Waals surface area contributed by atoms with Gasteiger partial charge in [0.2, 0.25) is 0 Å². The zero-order chi connectivity index (χ0) is 14.0. The molecule has 0 fully saturated rings. The first-order chi connectivity index (χ1) is 8.99. The molecular formula is C13H16Cl2N4. The highest BCUT2D eigenvalue weighted by Crippen LogP contribution is 2.29. The molecule has 2 aromatic rings. The fourth-order valence-electron chi connectivity index (χ4n) is 1.79. The van der Waals surface area contributed by atoms with Crippen LogP contribution < -0.4 is 5.32 Å². The van der Waals surface area contributed by atoms with Gasteiger partial charge in [0.15, 0.2) is 0 Å². The molecule has 0 radical (unpaired) electrons. The molecule has 0 aliphatic heterocycles. The van der Waals surface area contributed by atoms with Crippen LogP contribution in [0.25, 0.3) is 0 Å². The number of rotatable bonds is 4. The van der Waals surface area contributed by atoms with Crippen LogP contribution in [0.2, 0.25) is 10.0 Å². The SMILES string of the molecule is Cc1cc(Cl)c(NCc2ncnn2C(C)C)cc1Cl. The number of hydrogen-bond donors (Lipinski definition) is 1. The maximum absolute atomic E-state index is 6.18. The molecule has 1 aromatic carbocycles. The predicted octanol–water partition coefficient (Wildman–Crippen LogP) is 4.09. The van der Waals surface area contributed by atoms with Crippen molar-refractivity contribution in [3.05, 3.63) is 39.9 Å². The molecule has 0 amide bonds. The molecule has 102 valence electrons. The summed E-state index contributed by atoms with van der Waals surface area (Å²) in [5, 5.41) is 8.77. The molecule has 0 spiro atoms. The van der Waals surface area contributed by atoms with E-state index in [9.17, 15) is 0 Å². The van der Waals surface area contributed by atoms with Gasteiger partial charge in [0.25, 0.3) is 0 Å². The van der Waals surface area contributed by atoms with Crippen molar-refractivity contribution in [2.75, 3.05) is 5.32 Å². The fourth-order valence-corrected chi connectivity index (χ4v) is 2.24. The van der Waals surface area contributed by atoms with E-state index in [1.807, 2.05) is 23.7 Å². The first kappa shape index (κ1) is 14.2. The summed E-state index contributed by atoms with van der Waals surface area (Å²) >= 11 is 12.3. The quantitative estimate of drug-likeness (QED) is 0.924. The van der Waals surface area contributed by atoms with E-state index in [1.165, 1.54) is 0 Å². The topological polar surface area (TPSA) is 42.7 Å². The highest BCUT2D eigenvalue weighted by molar-refractivity contribution is 6.35. The summed E-state index contributed by atoms with van der Waals surface area (Å²) in [6.07, 6.45) is 1.56. The monoisotopic (exact) mass is 298 g/mol. The number of nitrogens with one attached hydrogen (secondary N) is 1. The highest BCUT2D eigenvalue weighted by Gasteiger charge is 2.09. The van der Waals surface area contributed by atoms with Crippen LogP contribution in [0.4, 0.5) is 5.69 Å². The second-order valence-electron chi connectivity index (χ2n) is 4.65. The molecule has 19 heavy (non-hydrogen) atoms. The van der Waals surface area contributed by atoms with Gasteiger partial charge in [-0.3, -0.25) is 0 Å². The van der Waals surface area contributed by atoms with Crippen LogP contribution in [-0.4, -0.2) is 14.8 Å². The van der Waals surface area contributed by atoms with Gasteiger partial charge in [0, 0.05) is 11.1 Å². The fraction of sp³-hybridized carbons (Fsp3) is 0.385. The molecular weight excluding hydrogens is 283 g/mol. The third-order valence-electron chi connectivity index (χ3n) is 2.82. The second-order valence-corrected chi connectivity index (χ2v) is 5.46. The Morgan fingerprint density at radius 2 is 2.00 bits per heavy atom. The minimum atomic E-state index is 0.274. The number of hydrogen-bond acceptors (Lipinski definition) is 3. The van der Waals surface area contributed by atoms with Crippen molar-refractivity contribution < 1.29 is 0 Å². The van der Waals surface area contributed by atoms with Gasteiger partial charge in [-0.2, -0.15) is 5.10 Å². The lowest BCUT2D eigenvalue weighted by Crippen LogP contribution is -2.12. The van der Waals surface area contributed by atoms with Crippen LogP contribution in [0, 0.1) is 6.92 Å². The molecule has 0 aliphatic carbocycles. The van der Waals surface area contributed by atoms with Gasteiger partial charge in [-0.15, -0.1) is 0 Å². The van der Waals surface area contributed by atoms with Gasteiger partial charge in [0.05, 0.1) is 17.3 Å². The molecule has 4 nitrogen and oxygen atoms in total. The van der Waals surface area contributed by atoms with Crippen LogP contribution >= 0.6 is 23.2 Å². The molecule has 6 heteroatoms. The maximum Gasteiger partial charge on any atom is 0.146 e. The first-order valence-electron chi connectivity index (χ1n) is 6.07. The third kappa shape index (κ3) is 3.19. The summed E-state index contributed by atoms with van der Waals surface area (Å²) < 4.78 is 1.87. The van der Waals surface area contributed by atoms with E-state index < -0.39 is 0 Å². The molecule has 0 unspecified atom stereocenters. The average Bonchev–Trinajstić information content (AvgIpc) is 2.80. The number of benzene rings is 1. The summed E-state index contributed by atoms with van der Waals surface area (Å²) in [5.74, 6) is 0.864. The Kier molecular flexibility index (Phi) is 4.32. The number of halogens is 2. The average molecular weight is 299 g/mol. The van der Waals surface area contributed by atoms with E-state index in [-0.39, 0.29) is 6.04 Å². The largest absolute Gasteiger partial charge is 0.377 e. The minimum Gasteiger partial charge on any atom is -0.377 e. The van der Waals surface area contributed by atoms with Crippen molar-refractivity contribution in [1.82, 2.24) is 14.8 Å². The normalized spacial score (nSPS) is 11.1. The van der Waals surface area contributed by atoms with Gasteiger partial charge in [-0.25, -0.2) is 9.67 Å². The van der Waals surface area contributed by atoms with Crippen LogP contribution in [0.1, 0.15) is 31.3 Å². The number of aryl methyl sites for hydroxylation is 1. The summed E-state index contributed by atoms with van der Waals surface area (Å²) in [5.41, 5.74) is 1.76. The summed E-state index contributed by atoms with van der Waals surface area (Å²) in [6, 6.07) is 3.95. The van der Waals surface area contributed by atoms with E-state index in [1.54, 1.807) is 6.33 Å². The van der Waals surface area contributed by atoms with Crippen molar-refractivity contribution in [2.24, 2.45) is 0 Å². The third-order valence-corrected chi connectivity index (χ3v) is 3.54. The van der Waals surface area contributed by atoms with Gasteiger partial charge >= 0.3 is 0 Å². The first-order valence-corrected chi connectivity index (χ1v) is 6.82. The predicted molar refractivity (Wildman–Crippen MR) is 78.9 cm³/mol. The van der Waals surface area contributed by atoms with Crippen LogP contribution in [0.15, 0.2) is 18.5 Å². The zero-order valence-corrected chi connectivity index (χ0v) is 12.6. The van der Waals surface area contributed by atoms with Gasteiger partial charge in [0.1, 0.15) is 12.2 Å². The van der Waals surface area contributed by atoms with Crippen LogP contribution in [-0.2, 0) is 6.54 Å². The Morgan fingerprint density at radius 3 is 2.68 bits per heavy atom. The van der Waals surface area contributed by atoms with Crippen LogP contribution in [0.3, 0.4) is 0 Å². The molecule has 0 aliphatic rings. The standard InChI is InChI=1S/C13H16Cl2N4/c1-8(2)19-13(17-7-18-19)6-16-12-5-10(14)9(3)4-11(12)15/h4-5,7-8,16H,6H2,1-3H3. The molecule has 1 heterocycles. The van der Waals surface area contributed by atoms with Gasteiger partial charge in [-0.05, 0) is 38.5 Å². The summed E-state index contributed by atoms with van der Waals surface area (Å²) in [4.78, 5) is 4.24. The van der Waals surface area contributed by atoms with E-state index in [0.717, 1.165) is 17.1 Å². The second kappa shape index (κ2) is 5.80. The van der Waals surface area contributed by atoms with Crippen molar-refractivity contribution >= 4 is 28.9 Å². The molecule has 1 aromatic heterocycles. The molecule has 2 rings (SSSR count). The zero-order valence-electron chi connectivity index (χ0n) is 11.1. The summed E-state index contributed by atoms with van der Waals surface area (Å²) in [6.45, 7) is 6.60. The lowest BCUT2D eigenvalue weighted by Gasteiger charge is -2.12. The van der Waals surface area contributed by atoms with Gasteiger partial charge < -0.3 is 5.32 Å². The van der Waals surface area contributed by atoms with E-state index in [0.29, 0.717) is 16.6 Å². The molecule has 0 saturated carbocycles. The van der Waals surface area contributed by atoms with E-state index in [4.69, 9.17) is 23.2 Å². The Hall–Kier alpha value is -1.26. The molecule has 0 saturated heterocycles. The number of anilines is 1. The van der Waals surface area contributed by atoms with Crippen LogP contribution in [0.5, 0.6) is 0 Å². The molecule has 0 atom stereocenters. The Balaban J connectivity index is 2.15. The van der Waals surface area contributed by atoms with Gasteiger partial charge in [-0.1, -0.05) is 23.2 Å². The smallest absolute Gasteiger partial charge is 0.146 e. The highest BCUT2D eigenvalue weighted by atomic mass is 35.5. The van der Waals surface area contributed by atoms with Crippen molar-refractivity contribution in [2.45, 2.75) is 33.4 Å². The Labute approximate surface area is 122 Å². The number of nitrogens with zero attached hydrogens (tertiary/aromatic N) is 3. The Bertz CT molecular complexity index is 578.